The van der Waals surface area contributed by atoms with Crippen LogP contribution in [0.1, 0.15) is 18.4 Å². The molecule has 0 aromatic carbocycles. The number of carbonyl (C=O) groups is 1. The van der Waals surface area contributed by atoms with Crippen LogP contribution >= 0.6 is 11.8 Å². The van der Waals surface area contributed by atoms with Crippen molar-refractivity contribution in [3.8, 4) is 0 Å². The van der Waals surface area contributed by atoms with Gasteiger partial charge in [0.2, 0.25) is 5.91 Å². The molecule has 0 radical (unpaired) electrons. The molecule has 4 heteroatoms. The molecule has 2 rings (SSSR count). The molecular formula is C11H14N2OS. The number of rotatable bonds is 2. The van der Waals surface area contributed by atoms with Crippen LogP contribution < -0.4 is 5.32 Å². The number of thioether (sulfide) groups is 1. The number of amides is 1. The van der Waals surface area contributed by atoms with Gasteiger partial charge in [0, 0.05) is 19.4 Å². The number of pyridine rings is 1. The summed E-state index contributed by atoms with van der Waals surface area (Å²) in [5, 5.41) is 2.76. The zero-order valence-corrected chi connectivity index (χ0v) is 9.51. The van der Waals surface area contributed by atoms with Gasteiger partial charge in [0.15, 0.2) is 0 Å². The van der Waals surface area contributed by atoms with Gasteiger partial charge in [-0.15, -0.1) is 11.8 Å². The Bertz CT molecular complexity index is 347. The van der Waals surface area contributed by atoms with Crippen LogP contribution in [0.2, 0.25) is 0 Å². The second kappa shape index (κ2) is 4.23. The van der Waals surface area contributed by atoms with Crippen molar-refractivity contribution in [2.45, 2.75) is 17.6 Å². The fourth-order valence-corrected chi connectivity index (χ4v) is 3.43. The minimum absolute atomic E-state index is 0.0954. The number of nitrogens with one attached hydrogen (secondary N) is 1. The van der Waals surface area contributed by atoms with Gasteiger partial charge in [-0.1, -0.05) is 6.07 Å². The molecule has 1 aromatic heterocycles. The number of carbonyl (C=O) groups excluding carboxylic acids is 1. The summed E-state index contributed by atoms with van der Waals surface area (Å²) >= 11 is 1.72. The van der Waals surface area contributed by atoms with E-state index in [1.54, 1.807) is 31.2 Å². The lowest BCUT2D eigenvalue weighted by molar-refractivity contribution is -0.123. The molecule has 0 aliphatic carbocycles. The number of nitrogens with zero attached hydrogens (tertiary/aromatic N) is 1. The normalized spacial score (nSPS) is 25.1. The monoisotopic (exact) mass is 222 g/mol. The van der Waals surface area contributed by atoms with Crippen molar-refractivity contribution in [2.24, 2.45) is 0 Å². The van der Waals surface area contributed by atoms with Gasteiger partial charge >= 0.3 is 0 Å². The van der Waals surface area contributed by atoms with Gasteiger partial charge in [-0.25, -0.2) is 0 Å². The molecule has 1 N–H and O–H groups in total. The maximum absolute atomic E-state index is 12.0. The summed E-state index contributed by atoms with van der Waals surface area (Å²) in [6.07, 6.45) is 5.53. The smallest absolute Gasteiger partial charge is 0.240 e. The van der Waals surface area contributed by atoms with Gasteiger partial charge in [-0.2, -0.15) is 0 Å². The summed E-state index contributed by atoms with van der Waals surface area (Å²) in [4.78, 5) is 16.1. The molecular weight excluding hydrogens is 208 g/mol. The molecule has 1 unspecified atom stereocenters. The van der Waals surface area contributed by atoms with Crippen molar-refractivity contribution in [1.82, 2.24) is 10.3 Å². The summed E-state index contributed by atoms with van der Waals surface area (Å²) in [5.74, 6) is 1.14. The van der Waals surface area contributed by atoms with E-state index in [4.69, 9.17) is 0 Å². The van der Waals surface area contributed by atoms with Crippen LogP contribution in [-0.4, -0.2) is 23.7 Å². The lowest BCUT2D eigenvalue weighted by Crippen LogP contribution is -2.38. The summed E-state index contributed by atoms with van der Waals surface area (Å²) in [6.45, 7) is 0. The van der Waals surface area contributed by atoms with Gasteiger partial charge in [-0.05, 0) is 30.2 Å². The van der Waals surface area contributed by atoms with Crippen LogP contribution in [-0.2, 0) is 9.54 Å². The molecule has 1 aliphatic rings. The first-order chi connectivity index (χ1) is 7.29. The average Bonchev–Trinajstić information content (AvgIpc) is 2.79. The minimum atomic E-state index is -0.400. The highest BCUT2D eigenvalue weighted by Gasteiger charge is 2.43. The molecule has 3 nitrogen and oxygen atoms in total. The molecule has 1 atom stereocenters. The number of likely N-dealkylation sites (N-methyl/N-ethyl adjacent to an activating group) is 1. The van der Waals surface area contributed by atoms with Gasteiger partial charge in [-0.3, -0.25) is 9.78 Å². The molecule has 1 fully saturated rings. The third-order valence-corrected chi connectivity index (χ3v) is 4.35. The van der Waals surface area contributed by atoms with Crippen molar-refractivity contribution >= 4 is 17.7 Å². The molecule has 1 amide bonds. The van der Waals surface area contributed by atoms with E-state index in [2.05, 4.69) is 10.3 Å². The first kappa shape index (κ1) is 10.5. The van der Waals surface area contributed by atoms with Crippen LogP contribution in [0.3, 0.4) is 0 Å². The number of aromatic nitrogens is 1. The van der Waals surface area contributed by atoms with Crippen molar-refractivity contribution in [3.63, 3.8) is 0 Å². The van der Waals surface area contributed by atoms with Gasteiger partial charge in [0.1, 0.15) is 4.75 Å². The lowest BCUT2D eigenvalue weighted by atomic mass is 9.94. The molecule has 15 heavy (non-hydrogen) atoms. The Morgan fingerprint density at radius 3 is 3.07 bits per heavy atom. The van der Waals surface area contributed by atoms with Gasteiger partial charge < -0.3 is 5.32 Å². The second-order valence-corrected chi connectivity index (χ2v) is 4.99. The largest absolute Gasteiger partial charge is 0.358 e. The second-order valence-electron chi connectivity index (χ2n) is 3.60. The number of hydrogen-bond donors (Lipinski definition) is 1. The molecule has 80 valence electrons. The van der Waals surface area contributed by atoms with E-state index in [1.165, 1.54) is 0 Å². The van der Waals surface area contributed by atoms with Crippen LogP contribution in [0.15, 0.2) is 24.5 Å². The Morgan fingerprint density at radius 2 is 2.53 bits per heavy atom. The third-order valence-electron chi connectivity index (χ3n) is 2.74. The molecule has 1 aromatic rings. The Morgan fingerprint density at radius 1 is 1.67 bits per heavy atom. The summed E-state index contributed by atoms with van der Waals surface area (Å²) in [7, 11) is 1.69. The van der Waals surface area contributed by atoms with Crippen LogP contribution in [0.25, 0.3) is 0 Å². The SMILES string of the molecule is CNC(=O)C1(c2cccnc2)CCCS1. The summed E-state index contributed by atoms with van der Waals surface area (Å²) < 4.78 is -0.400. The first-order valence-corrected chi connectivity index (χ1v) is 6.05. The van der Waals surface area contributed by atoms with Crippen LogP contribution in [0, 0.1) is 0 Å². The average molecular weight is 222 g/mol. The summed E-state index contributed by atoms with van der Waals surface area (Å²) in [6, 6.07) is 3.87. The molecule has 1 aliphatic heterocycles. The Balaban J connectivity index is 2.39. The quantitative estimate of drug-likeness (QED) is 0.825. The van der Waals surface area contributed by atoms with E-state index < -0.39 is 4.75 Å². The van der Waals surface area contributed by atoms with Crippen molar-refractivity contribution in [2.75, 3.05) is 12.8 Å². The molecule has 0 bridgehead atoms. The maximum Gasteiger partial charge on any atom is 0.240 e. The van der Waals surface area contributed by atoms with E-state index in [9.17, 15) is 4.79 Å². The number of hydrogen-bond acceptors (Lipinski definition) is 3. The highest BCUT2D eigenvalue weighted by molar-refractivity contribution is 8.01. The van der Waals surface area contributed by atoms with E-state index in [0.717, 1.165) is 24.2 Å². The predicted octanol–water partition coefficient (Wildman–Crippen LogP) is 1.55. The van der Waals surface area contributed by atoms with Gasteiger partial charge in [0.05, 0.1) is 0 Å². The van der Waals surface area contributed by atoms with Crippen LogP contribution in [0.5, 0.6) is 0 Å². The Kier molecular flexibility index (Phi) is 2.95. The van der Waals surface area contributed by atoms with E-state index in [1.807, 2.05) is 12.1 Å². The van der Waals surface area contributed by atoms with Crippen molar-refractivity contribution in [1.29, 1.82) is 0 Å². The lowest BCUT2D eigenvalue weighted by Gasteiger charge is -2.25. The van der Waals surface area contributed by atoms with Crippen molar-refractivity contribution < 1.29 is 4.79 Å². The van der Waals surface area contributed by atoms with Gasteiger partial charge in [0.25, 0.3) is 0 Å². The standard InChI is InChI=1S/C11H14N2OS/c1-12-10(14)11(5-3-7-15-11)9-4-2-6-13-8-9/h2,4,6,8H,3,5,7H2,1H3,(H,12,14). The summed E-state index contributed by atoms with van der Waals surface area (Å²) in [5.41, 5.74) is 1.02. The first-order valence-electron chi connectivity index (χ1n) is 5.06. The highest BCUT2D eigenvalue weighted by atomic mass is 32.2. The van der Waals surface area contributed by atoms with E-state index in [0.29, 0.717) is 0 Å². The zero-order valence-electron chi connectivity index (χ0n) is 8.69. The molecule has 1 saturated heterocycles. The zero-order chi connectivity index (χ0) is 10.7. The Hall–Kier alpha value is -1.03. The molecule has 0 saturated carbocycles. The van der Waals surface area contributed by atoms with Crippen molar-refractivity contribution in [3.05, 3.63) is 30.1 Å². The van der Waals surface area contributed by atoms with Crippen LogP contribution in [0.4, 0.5) is 0 Å². The van der Waals surface area contributed by atoms with E-state index >= 15 is 0 Å². The van der Waals surface area contributed by atoms with E-state index in [-0.39, 0.29) is 5.91 Å². The maximum atomic E-state index is 12.0. The third kappa shape index (κ3) is 1.74. The molecule has 2 heterocycles. The fourth-order valence-electron chi connectivity index (χ4n) is 1.98. The fraction of sp³-hybridized carbons (Fsp3) is 0.455. The topological polar surface area (TPSA) is 42.0 Å². The highest BCUT2D eigenvalue weighted by Crippen LogP contribution is 2.46. The Labute approximate surface area is 93.7 Å². The minimum Gasteiger partial charge on any atom is -0.358 e. The predicted molar refractivity (Wildman–Crippen MR) is 61.7 cm³/mol. The molecule has 0 spiro atoms.